The van der Waals surface area contributed by atoms with E-state index in [1.54, 1.807) is 0 Å². The second-order valence-corrected chi connectivity index (χ2v) is 11.9. The van der Waals surface area contributed by atoms with Gasteiger partial charge in [0.05, 0.1) is 35.3 Å². The Labute approximate surface area is 149 Å². The van der Waals surface area contributed by atoms with Crippen LogP contribution in [0.4, 0.5) is 0 Å². The molecule has 130 valence electrons. The van der Waals surface area contributed by atoms with Crippen molar-refractivity contribution in [2.24, 2.45) is 0 Å². The van der Waals surface area contributed by atoms with E-state index in [0.717, 1.165) is 18.0 Å². The van der Waals surface area contributed by atoms with Gasteiger partial charge in [0.2, 0.25) is 0 Å². The number of hydrogen-bond acceptors (Lipinski definition) is 3. The average Bonchev–Trinajstić information content (AvgIpc) is 2.34. The first-order valence-corrected chi connectivity index (χ1v) is 10.6. The Kier molecular flexibility index (Phi) is 17.5. The van der Waals surface area contributed by atoms with Gasteiger partial charge in [0.1, 0.15) is 6.54 Å². The first-order valence-electron chi connectivity index (χ1n) is 7.79. The maximum absolute atomic E-state index is 8.99. The summed E-state index contributed by atoms with van der Waals surface area (Å²) in [6.07, 6.45) is 1.34. The van der Waals surface area contributed by atoms with Crippen molar-refractivity contribution in [3.8, 4) is 0 Å². The number of likely N-dealkylation sites (N-methyl/N-ethyl adjacent to an activating group) is 1. The van der Waals surface area contributed by atoms with Gasteiger partial charge in [-0.25, -0.2) is 0 Å². The molecular formula is C15H35INO3Si-. The van der Waals surface area contributed by atoms with Crippen molar-refractivity contribution < 1.29 is 43.5 Å². The molecule has 0 aliphatic rings. The van der Waals surface area contributed by atoms with Gasteiger partial charge >= 0.3 is 0 Å². The lowest BCUT2D eigenvalue weighted by atomic mass is 10.4. The molecule has 0 aromatic heterocycles. The summed E-state index contributed by atoms with van der Waals surface area (Å²) in [5.41, 5.74) is 0. The molecule has 0 heterocycles. The van der Waals surface area contributed by atoms with E-state index in [1.807, 2.05) is 0 Å². The summed E-state index contributed by atoms with van der Waals surface area (Å²) in [6.45, 7) is 10.5. The van der Waals surface area contributed by atoms with Crippen molar-refractivity contribution in [1.82, 2.24) is 0 Å². The lowest BCUT2D eigenvalue weighted by Gasteiger charge is -2.32. The molecule has 4 nitrogen and oxygen atoms in total. The van der Waals surface area contributed by atoms with Crippen LogP contribution in [0.5, 0.6) is 0 Å². The van der Waals surface area contributed by atoms with Crippen molar-refractivity contribution in [3.05, 3.63) is 0 Å². The van der Waals surface area contributed by atoms with Crippen molar-refractivity contribution >= 4 is 14.0 Å². The monoisotopic (exact) mass is 432 g/mol. The lowest BCUT2D eigenvalue weighted by Crippen LogP contribution is -3.00. The molecule has 0 spiro atoms. The minimum Gasteiger partial charge on any atom is -1.00 e. The van der Waals surface area contributed by atoms with Crippen molar-refractivity contribution in [2.45, 2.75) is 58.3 Å². The maximum Gasteiger partial charge on any atom is 0.102 e. The highest BCUT2D eigenvalue weighted by Crippen LogP contribution is 2.26. The number of aliphatic hydroxyl groups excluding tert-OH is 1. The van der Waals surface area contributed by atoms with Gasteiger partial charge in [-0.3, -0.25) is 0 Å². The first kappa shape index (κ1) is 26.2. The molecule has 0 unspecified atom stereocenters. The zero-order chi connectivity index (χ0) is 16.2. The van der Waals surface area contributed by atoms with E-state index in [2.05, 4.69) is 34.9 Å². The number of carbonyl (C=O) groups excluding carboxylic acids is 1. The van der Waals surface area contributed by atoms with Crippen LogP contribution < -0.4 is 29.1 Å². The fourth-order valence-corrected chi connectivity index (χ4v) is 6.01. The standard InChI is InChI=1S/C13H32NOSi.C2H4O2.HI/c1-6-16(7-2,8-3)13-9-10-14(4,5)11-12-15;1-2(3)4;/h15H,6-13H2,1-5H3;1H3,(H,3,4);1H/q+1;;/p-2. The number of aliphatic carboxylic acids is 1. The molecule has 0 fully saturated rings. The number of halogens is 1. The van der Waals surface area contributed by atoms with E-state index in [9.17, 15) is 0 Å². The van der Waals surface area contributed by atoms with Crippen molar-refractivity contribution in [3.63, 3.8) is 0 Å². The first-order chi connectivity index (χ1) is 9.18. The van der Waals surface area contributed by atoms with Gasteiger partial charge in [-0.05, 0) is 13.3 Å². The quantitative estimate of drug-likeness (QED) is 0.280. The number of carboxylic acids is 1. The minimum atomic E-state index is -1.08. The van der Waals surface area contributed by atoms with Crippen LogP contribution in [0.3, 0.4) is 0 Å². The number of rotatable bonds is 9. The third-order valence-electron chi connectivity index (χ3n) is 4.43. The Bertz CT molecular complexity index is 247. The van der Waals surface area contributed by atoms with Crippen LogP contribution in [0.15, 0.2) is 0 Å². The van der Waals surface area contributed by atoms with E-state index in [-0.39, 0.29) is 24.0 Å². The number of quaternary nitrogens is 1. The highest BCUT2D eigenvalue weighted by atomic mass is 127. The van der Waals surface area contributed by atoms with Crippen LogP contribution >= 0.6 is 0 Å². The molecule has 0 aliphatic carbocycles. The van der Waals surface area contributed by atoms with Crippen LogP contribution in [0.1, 0.15) is 34.1 Å². The summed E-state index contributed by atoms with van der Waals surface area (Å²) < 4.78 is 0.970. The predicted octanol–water partition coefficient (Wildman–Crippen LogP) is -1.29. The fraction of sp³-hybridized carbons (Fsp3) is 0.933. The summed E-state index contributed by atoms with van der Waals surface area (Å²) in [7, 11) is 3.54. The topological polar surface area (TPSA) is 60.4 Å². The van der Waals surface area contributed by atoms with Gasteiger partial charge in [-0.1, -0.05) is 44.9 Å². The van der Waals surface area contributed by atoms with Crippen molar-refractivity contribution in [2.75, 3.05) is 33.8 Å². The van der Waals surface area contributed by atoms with E-state index >= 15 is 0 Å². The van der Waals surface area contributed by atoms with E-state index in [4.69, 9.17) is 15.0 Å². The van der Waals surface area contributed by atoms with E-state index in [1.165, 1.54) is 37.1 Å². The fourth-order valence-electron chi connectivity index (χ4n) is 2.54. The Morgan fingerprint density at radius 3 is 1.76 bits per heavy atom. The van der Waals surface area contributed by atoms with Crippen LogP contribution in [0, 0.1) is 0 Å². The Morgan fingerprint density at radius 1 is 1.10 bits per heavy atom. The number of aliphatic hydroxyl groups is 1. The van der Waals surface area contributed by atoms with Gasteiger partial charge in [-0.2, -0.15) is 0 Å². The van der Waals surface area contributed by atoms with Crippen LogP contribution in [0.25, 0.3) is 0 Å². The van der Waals surface area contributed by atoms with Crippen LogP contribution in [-0.4, -0.2) is 57.4 Å². The molecule has 0 rings (SSSR count). The zero-order valence-electron chi connectivity index (χ0n) is 14.7. The Hall–Kier alpha value is 0.337. The molecule has 6 heteroatoms. The van der Waals surface area contributed by atoms with Crippen LogP contribution in [0.2, 0.25) is 24.2 Å². The van der Waals surface area contributed by atoms with Gasteiger partial charge in [0, 0.05) is 5.97 Å². The molecule has 0 bridgehead atoms. The van der Waals surface area contributed by atoms with Crippen LogP contribution in [-0.2, 0) is 4.79 Å². The third-order valence-corrected chi connectivity index (χ3v) is 10.3. The summed E-state index contributed by atoms with van der Waals surface area (Å²) in [4.78, 5) is 8.89. The molecule has 0 aliphatic heterocycles. The highest BCUT2D eigenvalue weighted by molar-refractivity contribution is 6.79. The molecule has 21 heavy (non-hydrogen) atoms. The number of carbonyl (C=O) groups is 1. The van der Waals surface area contributed by atoms with Gasteiger partial charge in [0.25, 0.3) is 0 Å². The Morgan fingerprint density at radius 2 is 1.48 bits per heavy atom. The number of hydrogen-bond donors (Lipinski definition) is 1. The molecule has 0 saturated carbocycles. The molecule has 1 N–H and O–H groups in total. The average molecular weight is 432 g/mol. The number of nitrogens with zero attached hydrogens (tertiary/aromatic N) is 1. The van der Waals surface area contributed by atoms with E-state index < -0.39 is 14.0 Å². The molecular weight excluding hydrogens is 397 g/mol. The summed E-state index contributed by atoms with van der Waals surface area (Å²) in [5, 5.41) is 17.9. The molecule has 0 amide bonds. The normalized spacial score (nSPS) is 11.2. The Balaban J connectivity index is -0.000000572. The smallest absolute Gasteiger partial charge is 0.102 e. The molecule has 0 radical (unpaired) electrons. The summed E-state index contributed by atoms with van der Waals surface area (Å²) >= 11 is 0. The predicted molar refractivity (Wildman–Crippen MR) is 86.2 cm³/mol. The SMILES string of the molecule is CC(=O)[O-].CC[Si](CC)(CC)CCC[N+](C)(C)CCO.[I-]. The molecule has 0 aromatic carbocycles. The van der Waals surface area contributed by atoms with Gasteiger partial charge in [0.15, 0.2) is 0 Å². The molecule has 0 atom stereocenters. The second-order valence-electron chi connectivity index (χ2n) is 6.26. The minimum absolute atomic E-state index is 0. The van der Waals surface area contributed by atoms with E-state index in [0.29, 0.717) is 6.61 Å². The zero-order valence-corrected chi connectivity index (χ0v) is 17.9. The molecule has 0 saturated heterocycles. The third kappa shape index (κ3) is 15.0. The molecule has 0 aromatic rings. The second kappa shape index (κ2) is 14.0. The highest BCUT2D eigenvalue weighted by Gasteiger charge is 2.27. The summed E-state index contributed by atoms with van der Waals surface area (Å²) in [5.74, 6) is -1.08. The lowest BCUT2D eigenvalue weighted by molar-refractivity contribution is -0.890. The van der Waals surface area contributed by atoms with Crippen molar-refractivity contribution in [1.29, 1.82) is 0 Å². The van der Waals surface area contributed by atoms with Gasteiger partial charge < -0.3 is 43.5 Å². The summed E-state index contributed by atoms with van der Waals surface area (Å²) in [6, 6.07) is 5.79. The largest absolute Gasteiger partial charge is 1.00 e. The number of carboxylic acid groups (broad SMARTS) is 1. The van der Waals surface area contributed by atoms with Gasteiger partial charge in [-0.15, -0.1) is 0 Å². The maximum atomic E-state index is 8.99.